The predicted octanol–water partition coefficient (Wildman–Crippen LogP) is 1.05. The molecule has 1 saturated carbocycles. The molecule has 0 spiro atoms. The highest BCUT2D eigenvalue weighted by molar-refractivity contribution is 5.93. The summed E-state index contributed by atoms with van der Waals surface area (Å²) in [5.41, 5.74) is 7.28. The highest BCUT2D eigenvalue weighted by Crippen LogP contribution is 2.31. The fraction of sp³-hybridized carbons (Fsp3) is 0.526. The number of piperidine rings is 1. The number of aliphatic hydroxyl groups excluding tert-OH is 1. The number of nitrogens with one attached hydrogen (secondary N) is 2. The van der Waals surface area contributed by atoms with Gasteiger partial charge in [-0.2, -0.15) is 0 Å². The van der Waals surface area contributed by atoms with Crippen LogP contribution in [-0.4, -0.2) is 43.0 Å². The molecule has 3 rings (SSSR count). The van der Waals surface area contributed by atoms with Gasteiger partial charge < -0.3 is 26.2 Å². The Morgan fingerprint density at radius 3 is 2.80 bits per heavy atom. The van der Waals surface area contributed by atoms with E-state index in [1.54, 1.807) is 18.2 Å². The average Bonchev–Trinajstić information content (AvgIpc) is 3.38. The van der Waals surface area contributed by atoms with Crippen LogP contribution >= 0.6 is 0 Å². The molecule has 0 amide bonds. The first kappa shape index (κ1) is 17.7. The third-order valence-corrected chi connectivity index (χ3v) is 4.80. The molecule has 0 bridgehead atoms. The second-order valence-corrected chi connectivity index (χ2v) is 6.83. The lowest BCUT2D eigenvalue weighted by Gasteiger charge is -2.28. The van der Waals surface area contributed by atoms with Gasteiger partial charge in [0.15, 0.2) is 0 Å². The van der Waals surface area contributed by atoms with Crippen molar-refractivity contribution in [1.82, 2.24) is 5.32 Å². The van der Waals surface area contributed by atoms with Gasteiger partial charge in [0.1, 0.15) is 6.23 Å². The SMILES string of the molecule is COC(=O)c1ccc(NC(O)C2CCNCC2)cc1C#CC1(N)CC1. The third kappa shape index (κ3) is 4.51. The van der Waals surface area contributed by atoms with Gasteiger partial charge in [0.25, 0.3) is 0 Å². The van der Waals surface area contributed by atoms with E-state index in [-0.39, 0.29) is 5.92 Å². The Labute approximate surface area is 148 Å². The number of rotatable bonds is 4. The molecule has 6 nitrogen and oxygen atoms in total. The first-order valence-corrected chi connectivity index (χ1v) is 8.70. The van der Waals surface area contributed by atoms with Crippen LogP contribution in [-0.2, 0) is 4.74 Å². The minimum absolute atomic E-state index is 0.204. The van der Waals surface area contributed by atoms with E-state index in [1.807, 2.05) is 0 Å². The van der Waals surface area contributed by atoms with Crippen LogP contribution in [0.4, 0.5) is 5.69 Å². The largest absolute Gasteiger partial charge is 0.465 e. The molecule has 6 heteroatoms. The molecule has 0 aromatic heterocycles. The van der Waals surface area contributed by atoms with Crippen molar-refractivity contribution in [2.45, 2.75) is 37.5 Å². The van der Waals surface area contributed by atoms with Crippen molar-refractivity contribution in [2.75, 3.05) is 25.5 Å². The summed E-state index contributed by atoms with van der Waals surface area (Å²) in [7, 11) is 1.35. The zero-order valence-corrected chi connectivity index (χ0v) is 14.5. The van der Waals surface area contributed by atoms with Crippen LogP contribution in [0.2, 0.25) is 0 Å². The van der Waals surface area contributed by atoms with E-state index >= 15 is 0 Å². The molecule has 1 saturated heterocycles. The van der Waals surface area contributed by atoms with Crippen LogP contribution in [0.1, 0.15) is 41.6 Å². The maximum atomic E-state index is 12.0. The van der Waals surface area contributed by atoms with Gasteiger partial charge >= 0.3 is 5.97 Å². The Morgan fingerprint density at radius 1 is 1.44 bits per heavy atom. The Morgan fingerprint density at radius 2 is 2.16 bits per heavy atom. The number of hydrogen-bond donors (Lipinski definition) is 4. The minimum Gasteiger partial charge on any atom is -0.465 e. The Bertz CT molecular complexity index is 698. The van der Waals surface area contributed by atoms with Gasteiger partial charge in [0.2, 0.25) is 0 Å². The van der Waals surface area contributed by atoms with Crippen LogP contribution in [0.5, 0.6) is 0 Å². The van der Waals surface area contributed by atoms with Gasteiger partial charge in [-0.15, -0.1) is 0 Å². The molecule has 1 aliphatic carbocycles. The maximum Gasteiger partial charge on any atom is 0.339 e. The van der Waals surface area contributed by atoms with E-state index < -0.39 is 17.7 Å². The van der Waals surface area contributed by atoms with Crippen LogP contribution in [0.15, 0.2) is 18.2 Å². The van der Waals surface area contributed by atoms with Gasteiger partial charge in [-0.1, -0.05) is 11.8 Å². The Balaban J connectivity index is 1.79. The summed E-state index contributed by atoms with van der Waals surface area (Å²) in [6, 6.07) is 5.20. The summed E-state index contributed by atoms with van der Waals surface area (Å²) in [5.74, 6) is 5.82. The lowest BCUT2D eigenvalue weighted by atomic mass is 9.96. The summed E-state index contributed by atoms with van der Waals surface area (Å²) in [6.07, 6.45) is 2.98. The number of ether oxygens (including phenoxy) is 1. The number of hydrogen-bond acceptors (Lipinski definition) is 6. The molecule has 1 aromatic carbocycles. The van der Waals surface area contributed by atoms with Crippen molar-refractivity contribution in [2.24, 2.45) is 11.7 Å². The highest BCUT2D eigenvalue weighted by atomic mass is 16.5. The standard InChI is InChI=1S/C19H25N3O3/c1-25-18(24)16-3-2-15(12-14(16)4-7-19(20)8-9-19)22-17(23)13-5-10-21-11-6-13/h2-3,12-13,17,21-23H,5-6,8-11,20H2,1H3. The summed E-state index contributed by atoms with van der Waals surface area (Å²) in [5, 5.41) is 16.8. The van der Waals surface area contributed by atoms with Gasteiger partial charge in [-0.3, -0.25) is 0 Å². The van der Waals surface area contributed by atoms with E-state index in [0.717, 1.165) is 44.5 Å². The quantitative estimate of drug-likeness (QED) is 0.371. The number of carbonyl (C=O) groups is 1. The topological polar surface area (TPSA) is 96.6 Å². The number of benzene rings is 1. The summed E-state index contributed by atoms with van der Waals surface area (Å²) in [6.45, 7) is 1.83. The number of esters is 1. The summed E-state index contributed by atoms with van der Waals surface area (Å²) in [4.78, 5) is 12.0. The molecule has 134 valence electrons. The molecule has 1 unspecified atom stereocenters. The Kier molecular flexibility index (Phi) is 5.28. The predicted molar refractivity (Wildman–Crippen MR) is 96.0 cm³/mol. The zero-order chi connectivity index (χ0) is 17.9. The molecule has 2 fully saturated rings. The third-order valence-electron chi connectivity index (χ3n) is 4.80. The molecule has 0 radical (unpaired) electrons. The average molecular weight is 343 g/mol. The van der Waals surface area contributed by atoms with Crippen molar-refractivity contribution in [1.29, 1.82) is 0 Å². The molecular weight excluding hydrogens is 318 g/mol. The van der Waals surface area contributed by atoms with Crippen molar-refractivity contribution in [3.8, 4) is 11.8 Å². The molecule has 5 N–H and O–H groups in total. The van der Waals surface area contributed by atoms with E-state index in [1.165, 1.54) is 7.11 Å². The molecule has 1 atom stereocenters. The molecule has 1 heterocycles. The smallest absolute Gasteiger partial charge is 0.339 e. The molecule has 1 aromatic rings. The van der Waals surface area contributed by atoms with E-state index in [0.29, 0.717) is 11.1 Å². The van der Waals surface area contributed by atoms with Gasteiger partial charge in [-0.05, 0) is 57.0 Å². The van der Waals surface area contributed by atoms with Gasteiger partial charge in [-0.25, -0.2) is 4.79 Å². The molecule has 25 heavy (non-hydrogen) atoms. The maximum absolute atomic E-state index is 12.0. The number of methoxy groups -OCH3 is 1. The molecular formula is C19H25N3O3. The normalized spacial score (nSPS) is 20.1. The Hall–Kier alpha value is -2.07. The van der Waals surface area contributed by atoms with Crippen molar-refractivity contribution >= 4 is 11.7 Å². The fourth-order valence-electron chi connectivity index (χ4n) is 2.93. The van der Waals surface area contributed by atoms with Crippen molar-refractivity contribution in [3.05, 3.63) is 29.3 Å². The second-order valence-electron chi connectivity index (χ2n) is 6.83. The first-order chi connectivity index (χ1) is 12.0. The van der Waals surface area contributed by atoms with Crippen molar-refractivity contribution < 1.29 is 14.6 Å². The minimum atomic E-state index is -0.629. The van der Waals surface area contributed by atoms with E-state index in [4.69, 9.17) is 10.5 Å². The molecule has 1 aliphatic heterocycles. The number of nitrogens with two attached hydrogens (primary N) is 1. The van der Waals surface area contributed by atoms with Crippen LogP contribution in [0.25, 0.3) is 0 Å². The fourth-order valence-corrected chi connectivity index (χ4v) is 2.93. The highest BCUT2D eigenvalue weighted by Gasteiger charge is 2.36. The van der Waals surface area contributed by atoms with Crippen LogP contribution in [0.3, 0.4) is 0 Å². The summed E-state index contributed by atoms with van der Waals surface area (Å²) < 4.78 is 4.83. The van der Waals surface area contributed by atoms with E-state index in [2.05, 4.69) is 22.5 Å². The first-order valence-electron chi connectivity index (χ1n) is 8.70. The number of aliphatic hydroxyl groups is 1. The second kappa shape index (κ2) is 7.44. The van der Waals surface area contributed by atoms with Crippen LogP contribution < -0.4 is 16.4 Å². The zero-order valence-electron chi connectivity index (χ0n) is 14.5. The summed E-state index contributed by atoms with van der Waals surface area (Å²) >= 11 is 0. The monoisotopic (exact) mass is 343 g/mol. The van der Waals surface area contributed by atoms with Gasteiger partial charge in [0.05, 0.1) is 18.2 Å². The lowest BCUT2D eigenvalue weighted by Crippen LogP contribution is -2.37. The van der Waals surface area contributed by atoms with Gasteiger partial charge in [0, 0.05) is 17.2 Å². The lowest BCUT2D eigenvalue weighted by molar-refractivity contribution is 0.0600. The molecule has 2 aliphatic rings. The van der Waals surface area contributed by atoms with Crippen LogP contribution in [0, 0.1) is 17.8 Å². The van der Waals surface area contributed by atoms with Crippen molar-refractivity contribution in [3.63, 3.8) is 0 Å². The van der Waals surface area contributed by atoms with E-state index in [9.17, 15) is 9.90 Å². The number of carbonyl (C=O) groups excluding carboxylic acids is 1. The number of anilines is 1.